The van der Waals surface area contributed by atoms with Crippen molar-refractivity contribution in [2.45, 2.75) is 83.8 Å². The number of aliphatic carboxylic acids is 1. The average Bonchev–Trinajstić information content (AvgIpc) is 3.01. The SMILES string of the molecule is CCCCCC(=O)N[C@@H](CNC(=O)[C@@H]1CCCN(C(=O)CCC2CCN(C(=O)OCc3ccccc3)CC2)C1)C(=O)O. The summed E-state index contributed by atoms with van der Waals surface area (Å²) in [6.45, 7) is 4.18. The van der Waals surface area contributed by atoms with Gasteiger partial charge in [0.2, 0.25) is 17.7 Å². The number of carboxylic acids is 1. The number of likely N-dealkylation sites (tertiary alicyclic amines) is 2. The summed E-state index contributed by atoms with van der Waals surface area (Å²) in [5.74, 6) is -1.89. The first kappa shape index (κ1) is 32.9. The number of carbonyl (C=O) groups excluding carboxylic acids is 4. The minimum absolute atomic E-state index is 0.0138. The van der Waals surface area contributed by atoms with Gasteiger partial charge < -0.3 is 30.3 Å². The minimum atomic E-state index is -1.20. The number of amides is 4. The largest absolute Gasteiger partial charge is 0.480 e. The number of ether oxygens (including phenoxy) is 1. The molecule has 0 aliphatic carbocycles. The third-order valence-electron chi connectivity index (χ3n) is 8.11. The zero-order valence-electron chi connectivity index (χ0n) is 24.7. The summed E-state index contributed by atoms with van der Waals surface area (Å²) in [5.41, 5.74) is 0.947. The Morgan fingerprint density at radius 2 is 1.71 bits per heavy atom. The summed E-state index contributed by atoms with van der Waals surface area (Å²) >= 11 is 0. The number of unbranched alkanes of at least 4 members (excludes halogenated alkanes) is 2. The van der Waals surface area contributed by atoms with Gasteiger partial charge in [-0.25, -0.2) is 9.59 Å². The molecule has 0 saturated carbocycles. The van der Waals surface area contributed by atoms with Crippen molar-refractivity contribution in [3.8, 4) is 0 Å². The maximum atomic E-state index is 13.0. The molecule has 1 aromatic carbocycles. The van der Waals surface area contributed by atoms with E-state index in [0.29, 0.717) is 57.8 Å². The highest BCUT2D eigenvalue weighted by molar-refractivity contribution is 5.85. The van der Waals surface area contributed by atoms with Gasteiger partial charge in [-0.1, -0.05) is 50.1 Å². The highest BCUT2D eigenvalue weighted by atomic mass is 16.6. The van der Waals surface area contributed by atoms with Crippen LogP contribution in [0.3, 0.4) is 0 Å². The normalized spacial score (nSPS) is 18.2. The van der Waals surface area contributed by atoms with Crippen LogP contribution in [0.15, 0.2) is 30.3 Å². The summed E-state index contributed by atoms with van der Waals surface area (Å²) in [7, 11) is 0. The Labute approximate surface area is 248 Å². The number of carbonyl (C=O) groups is 5. The summed E-state index contributed by atoms with van der Waals surface area (Å²) in [6.07, 6.45) is 6.57. The first-order chi connectivity index (χ1) is 20.3. The lowest BCUT2D eigenvalue weighted by atomic mass is 9.91. The summed E-state index contributed by atoms with van der Waals surface area (Å²) in [4.78, 5) is 65.3. The molecule has 2 heterocycles. The molecule has 2 atom stereocenters. The zero-order valence-corrected chi connectivity index (χ0v) is 24.7. The number of hydrogen-bond donors (Lipinski definition) is 3. The smallest absolute Gasteiger partial charge is 0.410 e. The molecule has 0 bridgehead atoms. The minimum Gasteiger partial charge on any atom is -0.480 e. The second-order valence-electron chi connectivity index (χ2n) is 11.3. The van der Waals surface area contributed by atoms with Crippen LogP contribution in [0, 0.1) is 11.8 Å². The molecular formula is C31H46N4O7. The number of benzene rings is 1. The zero-order chi connectivity index (χ0) is 30.3. The molecule has 0 spiro atoms. The number of carboxylic acid groups (broad SMARTS) is 1. The first-order valence-corrected chi connectivity index (χ1v) is 15.3. The lowest BCUT2D eigenvalue weighted by molar-refractivity contribution is -0.142. The monoisotopic (exact) mass is 586 g/mol. The van der Waals surface area contributed by atoms with E-state index in [2.05, 4.69) is 10.6 Å². The van der Waals surface area contributed by atoms with Gasteiger partial charge in [-0.2, -0.15) is 0 Å². The van der Waals surface area contributed by atoms with E-state index in [1.807, 2.05) is 37.3 Å². The first-order valence-electron chi connectivity index (χ1n) is 15.3. The molecule has 2 saturated heterocycles. The Hall–Kier alpha value is -3.63. The van der Waals surface area contributed by atoms with Crippen LogP contribution in [-0.4, -0.2) is 83.5 Å². The number of rotatable bonds is 14. The number of nitrogens with one attached hydrogen (secondary N) is 2. The molecule has 0 radical (unpaired) electrons. The van der Waals surface area contributed by atoms with Crippen LogP contribution < -0.4 is 10.6 Å². The van der Waals surface area contributed by atoms with Crippen LogP contribution >= 0.6 is 0 Å². The van der Waals surface area contributed by atoms with Crippen molar-refractivity contribution in [3.63, 3.8) is 0 Å². The van der Waals surface area contributed by atoms with Gasteiger partial charge in [0, 0.05) is 45.6 Å². The van der Waals surface area contributed by atoms with Crippen LogP contribution in [0.1, 0.15) is 76.7 Å². The Morgan fingerprint density at radius 3 is 2.40 bits per heavy atom. The van der Waals surface area contributed by atoms with E-state index in [0.717, 1.165) is 37.7 Å². The van der Waals surface area contributed by atoms with E-state index in [1.54, 1.807) is 9.80 Å². The van der Waals surface area contributed by atoms with Crippen LogP contribution in [0.2, 0.25) is 0 Å². The quantitative estimate of drug-likeness (QED) is 0.284. The molecule has 232 valence electrons. The highest BCUT2D eigenvalue weighted by Gasteiger charge is 2.30. The molecule has 11 nitrogen and oxygen atoms in total. The Bertz CT molecular complexity index is 1040. The fraction of sp³-hybridized carbons (Fsp3) is 0.645. The van der Waals surface area contributed by atoms with E-state index < -0.39 is 17.9 Å². The van der Waals surface area contributed by atoms with Gasteiger partial charge >= 0.3 is 12.1 Å². The maximum Gasteiger partial charge on any atom is 0.410 e. The van der Waals surface area contributed by atoms with E-state index in [1.165, 1.54) is 0 Å². The standard InChI is InChI=1S/C31H46N4O7/c1-2-3-5-12-27(36)33-26(30(39)40)20-32-29(38)25-11-8-17-35(21-25)28(37)14-13-23-15-18-34(19-16-23)31(41)42-22-24-9-6-4-7-10-24/h4,6-7,9-10,23,25-26H,2-3,5,8,11-22H2,1H3,(H,32,38)(H,33,36)(H,39,40)/t25-,26+/m1/s1. The van der Waals surface area contributed by atoms with Crippen molar-refractivity contribution in [1.29, 1.82) is 0 Å². The Kier molecular flexibility index (Phi) is 13.6. The number of hydrogen-bond acceptors (Lipinski definition) is 6. The van der Waals surface area contributed by atoms with Crippen molar-refractivity contribution in [2.75, 3.05) is 32.7 Å². The van der Waals surface area contributed by atoms with E-state index >= 15 is 0 Å². The van der Waals surface area contributed by atoms with Gasteiger partial charge in [-0.3, -0.25) is 14.4 Å². The predicted molar refractivity (Wildman–Crippen MR) is 156 cm³/mol. The second-order valence-corrected chi connectivity index (χ2v) is 11.3. The molecule has 1 aromatic rings. The fourth-order valence-electron chi connectivity index (χ4n) is 5.47. The topological polar surface area (TPSA) is 145 Å². The molecule has 2 fully saturated rings. The summed E-state index contributed by atoms with van der Waals surface area (Å²) in [6, 6.07) is 8.37. The fourth-order valence-corrected chi connectivity index (χ4v) is 5.47. The number of piperidine rings is 2. The summed E-state index contributed by atoms with van der Waals surface area (Å²) < 4.78 is 5.43. The van der Waals surface area contributed by atoms with Crippen molar-refractivity contribution in [1.82, 2.24) is 20.4 Å². The lowest BCUT2D eigenvalue weighted by Gasteiger charge is -2.34. The molecule has 0 unspecified atom stereocenters. The molecule has 3 N–H and O–H groups in total. The van der Waals surface area contributed by atoms with E-state index in [-0.39, 0.29) is 43.4 Å². The molecule has 0 aromatic heterocycles. The highest BCUT2D eigenvalue weighted by Crippen LogP contribution is 2.24. The van der Waals surface area contributed by atoms with Gasteiger partial charge in [0.25, 0.3) is 0 Å². The third kappa shape index (κ3) is 11.0. The van der Waals surface area contributed by atoms with Crippen LogP contribution in [-0.2, 0) is 30.5 Å². The van der Waals surface area contributed by atoms with Gasteiger partial charge in [0.15, 0.2) is 0 Å². The van der Waals surface area contributed by atoms with Crippen LogP contribution in [0.25, 0.3) is 0 Å². The molecule has 2 aliphatic rings. The number of nitrogens with zero attached hydrogens (tertiary/aromatic N) is 2. The summed E-state index contributed by atoms with van der Waals surface area (Å²) in [5, 5.41) is 14.6. The lowest BCUT2D eigenvalue weighted by Crippen LogP contribution is -2.51. The Balaban J connectivity index is 1.35. The molecule has 2 aliphatic heterocycles. The molecule has 11 heteroatoms. The van der Waals surface area contributed by atoms with Gasteiger partial charge in [-0.15, -0.1) is 0 Å². The van der Waals surface area contributed by atoms with Gasteiger partial charge in [-0.05, 0) is 50.0 Å². The van der Waals surface area contributed by atoms with Crippen molar-refractivity contribution in [2.24, 2.45) is 11.8 Å². The van der Waals surface area contributed by atoms with Crippen molar-refractivity contribution < 1.29 is 33.8 Å². The van der Waals surface area contributed by atoms with E-state index in [9.17, 15) is 29.1 Å². The van der Waals surface area contributed by atoms with Gasteiger partial charge in [0.1, 0.15) is 12.6 Å². The molecular weight excluding hydrogens is 540 g/mol. The van der Waals surface area contributed by atoms with Crippen molar-refractivity contribution >= 4 is 29.8 Å². The third-order valence-corrected chi connectivity index (χ3v) is 8.11. The van der Waals surface area contributed by atoms with Gasteiger partial charge in [0.05, 0.1) is 5.92 Å². The predicted octanol–water partition coefficient (Wildman–Crippen LogP) is 3.32. The van der Waals surface area contributed by atoms with Crippen molar-refractivity contribution in [3.05, 3.63) is 35.9 Å². The van der Waals surface area contributed by atoms with Crippen LogP contribution in [0.5, 0.6) is 0 Å². The molecule has 4 amide bonds. The second kappa shape index (κ2) is 17.4. The Morgan fingerprint density at radius 1 is 0.976 bits per heavy atom. The molecule has 42 heavy (non-hydrogen) atoms. The van der Waals surface area contributed by atoms with E-state index in [4.69, 9.17) is 4.74 Å². The maximum absolute atomic E-state index is 13.0. The van der Waals surface area contributed by atoms with Crippen LogP contribution in [0.4, 0.5) is 4.79 Å². The average molecular weight is 587 g/mol. The molecule has 3 rings (SSSR count).